The number of nitrogens with one attached hydrogen (secondary N) is 1. The summed E-state index contributed by atoms with van der Waals surface area (Å²) in [6.45, 7) is 0.0977. The second-order valence-electron chi connectivity index (χ2n) is 5.98. The van der Waals surface area contributed by atoms with Crippen LogP contribution in [0.3, 0.4) is 0 Å². The summed E-state index contributed by atoms with van der Waals surface area (Å²) in [7, 11) is 0. The fourth-order valence-electron chi connectivity index (χ4n) is 2.71. The van der Waals surface area contributed by atoms with Crippen molar-refractivity contribution in [3.05, 3.63) is 90.0 Å². The lowest BCUT2D eigenvalue weighted by atomic mass is 10.1. The molecule has 0 saturated carbocycles. The number of carbonyl (C=O) groups is 1. The van der Waals surface area contributed by atoms with Gasteiger partial charge in [-0.2, -0.15) is 0 Å². The Balaban J connectivity index is 1.46. The standard InChI is InChI=1S/C22H16N4O/c27-22(16-26-21-12-5-4-11-20(21)24-25-26)23-19-10-6-9-18(15-19)14-13-17-7-2-1-3-8-17/h1-12,15H,16H2,(H,23,27). The fourth-order valence-corrected chi connectivity index (χ4v) is 2.71. The molecule has 5 heteroatoms. The third-order valence-electron chi connectivity index (χ3n) is 3.98. The van der Waals surface area contributed by atoms with Crippen LogP contribution in [0.1, 0.15) is 11.1 Å². The third-order valence-corrected chi connectivity index (χ3v) is 3.98. The predicted molar refractivity (Wildman–Crippen MR) is 105 cm³/mol. The smallest absolute Gasteiger partial charge is 0.246 e. The zero-order valence-corrected chi connectivity index (χ0v) is 14.5. The minimum atomic E-state index is -0.168. The summed E-state index contributed by atoms with van der Waals surface area (Å²) >= 11 is 0. The van der Waals surface area contributed by atoms with Crippen LogP contribution in [0.4, 0.5) is 5.69 Å². The van der Waals surface area contributed by atoms with E-state index in [1.807, 2.05) is 78.9 Å². The van der Waals surface area contributed by atoms with E-state index in [0.717, 1.165) is 22.2 Å². The zero-order chi connectivity index (χ0) is 18.5. The summed E-state index contributed by atoms with van der Waals surface area (Å²) in [6.07, 6.45) is 0. The van der Waals surface area contributed by atoms with Crippen molar-refractivity contribution in [2.45, 2.75) is 6.54 Å². The monoisotopic (exact) mass is 352 g/mol. The Bertz CT molecular complexity index is 1150. The van der Waals surface area contributed by atoms with Crippen LogP contribution in [-0.4, -0.2) is 20.9 Å². The van der Waals surface area contributed by atoms with Gasteiger partial charge in [-0.25, -0.2) is 4.68 Å². The first kappa shape index (κ1) is 16.6. The van der Waals surface area contributed by atoms with Crippen molar-refractivity contribution in [1.29, 1.82) is 0 Å². The Hall–Kier alpha value is -3.91. The maximum Gasteiger partial charge on any atom is 0.246 e. The number of hydrogen-bond donors (Lipinski definition) is 1. The molecule has 0 atom stereocenters. The molecule has 0 saturated heterocycles. The van der Waals surface area contributed by atoms with Crippen molar-refractivity contribution >= 4 is 22.6 Å². The summed E-state index contributed by atoms with van der Waals surface area (Å²) in [5.41, 5.74) is 4.08. The lowest BCUT2D eigenvalue weighted by Gasteiger charge is -2.06. The number of hydrogen-bond acceptors (Lipinski definition) is 3. The molecule has 0 bridgehead atoms. The molecule has 0 radical (unpaired) electrons. The van der Waals surface area contributed by atoms with Gasteiger partial charge in [-0.15, -0.1) is 5.10 Å². The molecule has 0 aliphatic rings. The highest BCUT2D eigenvalue weighted by Crippen LogP contribution is 2.12. The van der Waals surface area contributed by atoms with Crippen molar-refractivity contribution in [3.8, 4) is 11.8 Å². The molecule has 5 nitrogen and oxygen atoms in total. The Morgan fingerprint density at radius 3 is 2.52 bits per heavy atom. The van der Waals surface area contributed by atoms with Gasteiger partial charge in [-0.05, 0) is 42.5 Å². The van der Waals surface area contributed by atoms with E-state index < -0.39 is 0 Å². The van der Waals surface area contributed by atoms with Crippen LogP contribution < -0.4 is 5.32 Å². The van der Waals surface area contributed by atoms with Gasteiger partial charge in [0, 0.05) is 16.8 Å². The molecule has 1 aromatic heterocycles. The number of anilines is 1. The van der Waals surface area contributed by atoms with Crippen molar-refractivity contribution < 1.29 is 4.79 Å². The summed E-state index contributed by atoms with van der Waals surface area (Å²) < 4.78 is 1.59. The molecule has 0 fully saturated rings. The first-order chi connectivity index (χ1) is 13.3. The second-order valence-corrected chi connectivity index (χ2v) is 5.98. The maximum atomic E-state index is 12.4. The zero-order valence-electron chi connectivity index (χ0n) is 14.5. The normalized spacial score (nSPS) is 10.2. The van der Waals surface area contributed by atoms with Crippen LogP contribution in [0, 0.1) is 11.8 Å². The van der Waals surface area contributed by atoms with Crippen LogP contribution in [0.15, 0.2) is 78.9 Å². The molecule has 4 aromatic rings. The summed E-state index contributed by atoms with van der Waals surface area (Å²) in [6, 6.07) is 24.8. The topological polar surface area (TPSA) is 59.8 Å². The lowest BCUT2D eigenvalue weighted by molar-refractivity contribution is -0.116. The van der Waals surface area contributed by atoms with Crippen LogP contribution in [0.5, 0.6) is 0 Å². The van der Waals surface area contributed by atoms with Gasteiger partial charge in [0.05, 0.1) is 5.52 Å². The number of para-hydroxylation sites is 1. The minimum Gasteiger partial charge on any atom is -0.324 e. The predicted octanol–water partition coefficient (Wildman–Crippen LogP) is 3.47. The van der Waals surface area contributed by atoms with E-state index >= 15 is 0 Å². The molecule has 130 valence electrons. The maximum absolute atomic E-state index is 12.4. The minimum absolute atomic E-state index is 0.0977. The van der Waals surface area contributed by atoms with E-state index in [2.05, 4.69) is 27.5 Å². The SMILES string of the molecule is O=C(Cn1nnc2ccccc21)Nc1cccc(C#Cc2ccccc2)c1. The van der Waals surface area contributed by atoms with Crippen molar-refractivity contribution in [1.82, 2.24) is 15.0 Å². The number of rotatable bonds is 3. The highest BCUT2D eigenvalue weighted by Gasteiger charge is 2.08. The van der Waals surface area contributed by atoms with Gasteiger partial charge in [-0.3, -0.25) is 4.79 Å². The molecule has 1 N–H and O–H groups in total. The fraction of sp³-hybridized carbons (Fsp3) is 0.0455. The van der Waals surface area contributed by atoms with Gasteiger partial charge in [0.1, 0.15) is 12.1 Å². The number of carbonyl (C=O) groups excluding carboxylic acids is 1. The molecular weight excluding hydrogens is 336 g/mol. The molecule has 1 amide bonds. The molecule has 4 rings (SSSR count). The number of aromatic nitrogens is 3. The van der Waals surface area contributed by atoms with Gasteiger partial charge in [0.2, 0.25) is 5.91 Å². The number of amides is 1. The Morgan fingerprint density at radius 2 is 1.63 bits per heavy atom. The first-order valence-electron chi connectivity index (χ1n) is 8.53. The molecule has 0 unspecified atom stereocenters. The van der Waals surface area contributed by atoms with Crippen LogP contribution in [0.2, 0.25) is 0 Å². The molecule has 3 aromatic carbocycles. The van der Waals surface area contributed by atoms with Gasteiger partial charge in [0.25, 0.3) is 0 Å². The van der Waals surface area contributed by atoms with E-state index in [4.69, 9.17) is 0 Å². The molecule has 1 heterocycles. The van der Waals surface area contributed by atoms with Crippen LogP contribution in [0.25, 0.3) is 11.0 Å². The quantitative estimate of drug-likeness (QED) is 0.574. The first-order valence-corrected chi connectivity index (χ1v) is 8.53. The summed E-state index contributed by atoms with van der Waals surface area (Å²) in [5.74, 6) is 6.06. The van der Waals surface area contributed by atoms with Crippen molar-refractivity contribution in [2.75, 3.05) is 5.32 Å². The summed E-state index contributed by atoms with van der Waals surface area (Å²) in [4.78, 5) is 12.4. The largest absolute Gasteiger partial charge is 0.324 e. The van der Waals surface area contributed by atoms with Gasteiger partial charge >= 0.3 is 0 Å². The van der Waals surface area contributed by atoms with E-state index in [1.165, 1.54) is 0 Å². The average molecular weight is 352 g/mol. The summed E-state index contributed by atoms with van der Waals surface area (Å²) in [5, 5.41) is 11.0. The van der Waals surface area contributed by atoms with Crippen LogP contribution >= 0.6 is 0 Å². The molecular formula is C22H16N4O. The molecule has 0 aliphatic carbocycles. The van der Waals surface area contributed by atoms with Crippen molar-refractivity contribution in [3.63, 3.8) is 0 Å². The van der Waals surface area contributed by atoms with E-state index in [9.17, 15) is 4.79 Å². The highest BCUT2D eigenvalue weighted by molar-refractivity contribution is 5.91. The third kappa shape index (κ3) is 4.02. The Morgan fingerprint density at radius 1 is 0.889 bits per heavy atom. The molecule has 0 aliphatic heterocycles. The molecule has 0 spiro atoms. The van der Waals surface area contributed by atoms with Gasteiger partial charge in [-0.1, -0.05) is 53.5 Å². The lowest BCUT2D eigenvalue weighted by Crippen LogP contribution is -2.19. The number of benzene rings is 3. The number of nitrogens with zero attached hydrogens (tertiary/aromatic N) is 3. The van der Waals surface area contributed by atoms with E-state index in [-0.39, 0.29) is 12.5 Å². The highest BCUT2D eigenvalue weighted by atomic mass is 16.2. The van der Waals surface area contributed by atoms with E-state index in [0.29, 0.717) is 5.69 Å². The van der Waals surface area contributed by atoms with Gasteiger partial charge < -0.3 is 5.32 Å². The van der Waals surface area contributed by atoms with Crippen molar-refractivity contribution in [2.24, 2.45) is 0 Å². The molecule has 27 heavy (non-hydrogen) atoms. The average Bonchev–Trinajstić information content (AvgIpc) is 3.10. The Labute approximate surface area is 156 Å². The number of fused-ring (bicyclic) bond motifs is 1. The Kier molecular flexibility index (Phi) is 4.62. The van der Waals surface area contributed by atoms with E-state index in [1.54, 1.807) is 4.68 Å². The second kappa shape index (κ2) is 7.54. The van der Waals surface area contributed by atoms with Crippen LogP contribution in [-0.2, 0) is 11.3 Å². The van der Waals surface area contributed by atoms with Gasteiger partial charge in [0.15, 0.2) is 0 Å².